The summed E-state index contributed by atoms with van der Waals surface area (Å²) in [7, 11) is 0. The van der Waals surface area contributed by atoms with Crippen LogP contribution in [0.3, 0.4) is 0 Å². The molecule has 0 aromatic heterocycles. The van der Waals surface area contributed by atoms with Gasteiger partial charge in [-0.2, -0.15) is 0 Å². The first-order valence-electron chi connectivity index (χ1n) is 6.49. The lowest BCUT2D eigenvalue weighted by Gasteiger charge is -2.17. The van der Waals surface area contributed by atoms with Gasteiger partial charge in [0.15, 0.2) is 11.9 Å². The average molecular weight is 457 g/mol. The summed E-state index contributed by atoms with van der Waals surface area (Å²) in [5.74, 6) is -1.12. The van der Waals surface area contributed by atoms with Crippen molar-refractivity contribution in [3.05, 3.63) is 37.9 Å². The number of esters is 2. The third-order valence-electron chi connectivity index (χ3n) is 2.58. The normalized spacial score (nSPS) is 11.7. The van der Waals surface area contributed by atoms with E-state index in [-0.39, 0.29) is 16.3 Å². The molecule has 22 heavy (non-hydrogen) atoms. The van der Waals surface area contributed by atoms with Gasteiger partial charge in [-0.1, -0.05) is 43.1 Å². The number of rotatable bonds is 6. The Hall–Kier alpha value is -0.790. The number of carbonyl (C=O) groups excluding carboxylic acids is 2. The first-order valence-corrected chi connectivity index (χ1v) is 8.32. The molecule has 1 aromatic rings. The van der Waals surface area contributed by atoms with Crippen molar-refractivity contribution in [1.29, 1.82) is 0 Å². The lowest BCUT2D eigenvalue weighted by Crippen LogP contribution is -2.31. The van der Waals surface area contributed by atoms with Crippen molar-refractivity contribution in [2.75, 3.05) is 0 Å². The molecule has 0 N–H and O–H groups in total. The zero-order valence-corrected chi connectivity index (χ0v) is 15.8. The van der Waals surface area contributed by atoms with Gasteiger partial charge < -0.3 is 9.47 Å². The quantitative estimate of drug-likeness (QED) is 0.267. The molecule has 1 atom stereocenters. The topological polar surface area (TPSA) is 52.6 Å². The van der Waals surface area contributed by atoms with Gasteiger partial charge in [-0.15, -0.1) is 0 Å². The van der Waals surface area contributed by atoms with E-state index in [2.05, 4.69) is 6.58 Å². The van der Waals surface area contributed by atoms with E-state index in [4.69, 9.17) is 32.7 Å². The molecule has 1 unspecified atom stereocenters. The smallest absolute Gasteiger partial charge is 0.352 e. The summed E-state index contributed by atoms with van der Waals surface area (Å²) in [5.41, 5.74) is 0.216. The van der Waals surface area contributed by atoms with Gasteiger partial charge in [0, 0.05) is 10.6 Å². The van der Waals surface area contributed by atoms with Crippen molar-refractivity contribution in [3.8, 4) is 5.75 Å². The van der Waals surface area contributed by atoms with E-state index in [0.717, 1.165) is 0 Å². The van der Waals surface area contributed by atoms with E-state index in [0.29, 0.717) is 21.4 Å². The molecule has 120 valence electrons. The monoisotopic (exact) mass is 456 g/mol. The SMILES string of the molecule is C=C(C)C(=O)OC(CCC)C(=O)Oc1c(Cl)cc(Cl)cc1I. The maximum absolute atomic E-state index is 12.2. The van der Waals surface area contributed by atoms with E-state index < -0.39 is 18.0 Å². The van der Waals surface area contributed by atoms with Gasteiger partial charge in [-0.25, -0.2) is 9.59 Å². The maximum atomic E-state index is 12.2. The molecule has 0 amide bonds. The van der Waals surface area contributed by atoms with Gasteiger partial charge in [0.25, 0.3) is 0 Å². The predicted octanol–water partition coefficient (Wildman–Crippen LogP) is 4.79. The Morgan fingerprint density at radius 3 is 2.50 bits per heavy atom. The number of hydrogen-bond donors (Lipinski definition) is 0. The molecule has 0 aliphatic rings. The fraction of sp³-hybridized carbons (Fsp3) is 0.333. The third kappa shape index (κ3) is 5.44. The highest BCUT2D eigenvalue weighted by Gasteiger charge is 2.26. The molecule has 0 radical (unpaired) electrons. The van der Waals surface area contributed by atoms with Crippen LogP contribution in [-0.4, -0.2) is 18.0 Å². The van der Waals surface area contributed by atoms with Crippen molar-refractivity contribution < 1.29 is 19.1 Å². The third-order valence-corrected chi connectivity index (χ3v) is 3.88. The molecular formula is C15H15Cl2IO4. The summed E-state index contributed by atoms with van der Waals surface area (Å²) in [5, 5.41) is 0.653. The first-order chi connectivity index (χ1) is 10.3. The molecule has 0 saturated heterocycles. The van der Waals surface area contributed by atoms with Crippen molar-refractivity contribution in [2.24, 2.45) is 0 Å². The van der Waals surface area contributed by atoms with Crippen molar-refractivity contribution in [1.82, 2.24) is 0 Å². The minimum atomic E-state index is -1.00. The Balaban J connectivity index is 2.92. The highest BCUT2D eigenvalue weighted by Crippen LogP contribution is 2.33. The number of hydrogen-bond acceptors (Lipinski definition) is 4. The molecule has 0 aliphatic heterocycles. The molecule has 0 aliphatic carbocycles. The highest BCUT2D eigenvalue weighted by molar-refractivity contribution is 14.1. The van der Waals surface area contributed by atoms with Crippen LogP contribution >= 0.6 is 45.8 Å². The van der Waals surface area contributed by atoms with E-state index >= 15 is 0 Å². The van der Waals surface area contributed by atoms with Crippen LogP contribution in [0.4, 0.5) is 0 Å². The molecule has 4 nitrogen and oxygen atoms in total. The zero-order chi connectivity index (χ0) is 16.9. The number of carbonyl (C=O) groups is 2. The maximum Gasteiger partial charge on any atom is 0.352 e. The van der Waals surface area contributed by atoms with Gasteiger partial charge in [0.05, 0.1) is 8.59 Å². The molecule has 1 aromatic carbocycles. The lowest BCUT2D eigenvalue weighted by molar-refractivity contribution is -0.159. The highest BCUT2D eigenvalue weighted by atomic mass is 127. The van der Waals surface area contributed by atoms with Gasteiger partial charge in [0.2, 0.25) is 0 Å². The van der Waals surface area contributed by atoms with Gasteiger partial charge in [0.1, 0.15) is 0 Å². The molecule has 0 heterocycles. The molecule has 7 heteroatoms. The van der Waals surface area contributed by atoms with Gasteiger partial charge >= 0.3 is 11.9 Å². The number of ether oxygens (including phenoxy) is 2. The van der Waals surface area contributed by atoms with Gasteiger partial charge in [-0.3, -0.25) is 0 Å². The van der Waals surface area contributed by atoms with Crippen LogP contribution in [0.25, 0.3) is 0 Å². The predicted molar refractivity (Wildman–Crippen MR) is 94.4 cm³/mol. The second-order valence-electron chi connectivity index (χ2n) is 4.58. The summed E-state index contributed by atoms with van der Waals surface area (Å²) in [6.07, 6.45) is -0.00865. The minimum absolute atomic E-state index is 0.198. The number of benzene rings is 1. The lowest BCUT2D eigenvalue weighted by atomic mass is 10.2. The van der Waals surface area contributed by atoms with Crippen molar-refractivity contribution >= 4 is 57.7 Å². The molecule has 0 saturated carbocycles. The van der Waals surface area contributed by atoms with Crippen LogP contribution in [0.5, 0.6) is 5.75 Å². The van der Waals surface area contributed by atoms with Gasteiger partial charge in [-0.05, 0) is 48.1 Å². The van der Waals surface area contributed by atoms with Crippen molar-refractivity contribution in [2.45, 2.75) is 32.8 Å². The summed E-state index contributed by atoms with van der Waals surface area (Å²) >= 11 is 13.9. The Morgan fingerprint density at radius 2 is 2.00 bits per heavy atom. The number of halogens is 3. The van der Waals surface area contributed by atoms with Crippen LogP contribution < -0.4 is 4.74 Å². The molecular weight excluding hydrogens is 442 g/mol. The molecule has 1 rings (SSSR count). The fourth-order valence-corrected chi connectivity index (χ4v) is 3.12. The Bertz CT molecular complexity index is 578. The first kappa shape index (κ1) is 19.3. The summed E-state index contributed by atoms with van der Waals surface area (Å²) in [6, 6.07) is 3.09. The molecule has 0 fully saturated rings. The molecule has 0 spiro atoms. The second kappa shape index (κ2) is 8.74. The Labute approximate surface area is 152 Å². The largest absolute Gasteiger partial charge is 0.447 e. The molecule has 0 bridgehead atoms. The van der Waals surface area contributed by atoms with Crippen LogP contribution in [-0.2, 0) is 14.3 Å². The Kier molecular flexibility index (Phi) is 7.65. The standard InChI is InChI=1S/C15H15Cl2IO4/c1-4-5-12(21-14(19)8(2)3)15(20)22-13-10(17)6-9(16)7-11(13)18/h6-7,12H,2,4-5H2,1,3H3. The van der Waals surface area contributed by atoms with Crippen LogP contribution in [0, 0.1) is 3.57 Å². The van der Waals surface area contributed by atoms with E-state index in [9.17, 15) is 9.59 Å². The fourth-order valence-electron chi connectivity index (χ4n) is 1.51. The summed E-state index contributed by atoms with van der Waals surface area (Å²) < 4.78 is 11.0. The van der Waals surface area contributed by atoms with Crippen molar-refractivity contribution in [3.63, 3.8) is 0 Å². The second-order valence-corrected chi connectivity index (χ2v) is 6.59. The Morgan fingerprint density at radius 1 is 1.36 bits per heavy atom. The summed E-state index contributed by atoms with van der Waals surface area (Å²) in [6.45, 7) is 6.86. The summed E-state index contributed by atoms with van der Waals surface area (Å²) in [4.78, 5) is 23.8. The van der Waals surface area contributed by atoms with E-state index in [1.165, 1.54) is 13.0 Å². The van der Waals surface area contributed by atoms with E-state index in [1.54, 1.807) is 6.07 Å². The average Bonchev–Trinajstić information content (AvgIpc) is 2.41. The van der Waals surface area contributed by atoms with Crippen LogP contribution in [0.2, 0.25) is 10.0 Å². The zero-order valence-electron chi connectivity index (χ0n) is 12.1. The van der Waals surface area contributed by atoms with Crippen LogP contribution in [0.15, 0.2) is 24.3 Å². The van der Waals surface area contributed by atoms with E-state index in [1.807, 2.05) is 29.5 Å². The van der Waals surface area contributed by atoms with Crippen LogP contribution in [0.1, 0.15) is 26.7 Å². The minimum Gasteiger partial charge on any atom is -0.447 e.